The molecule has 0 aromatic carbocycles. The van der Waals surface area contributed by atoms with Crippen molar-refractivity contribution in [2.45, 2.75) is 199 Å². The highest BCUT2D eigenvalue weighted by atomic mass is 31.2. The van der Waals surface area contributed by atoms with Gasteiger partial charge in [-0.3, -0.25) is 9.36 Å². The van der Waals surface area contributed by atoms with Crippen molar-refractivity contribution in [3.63, 3.8) is 0 Å². The van der Waals surface area contributed by atoms with E-state index in [1.807, 2.05) is 27.2 Å². The van der Waals surface area contributed by atoms with E-state index in [0.717, 1.165) is 51.4 Å². The Labute approximate surface area is 327 Å². The average molecular weight is 769 g/mol. The summed E-state index contributed by atoms with van der Waals surface area (Å²) in [6.07, 6.45) is 43.3. The molecule has 9 heteroatoms. The topological polar surface area (TPSA) is 108 Å². The molecule has 0 fully saturated rings. The van der Waals surface area contributed by atoms with Crippen LogP contribution in [0.2, 0.25) is 0 Å². The lowest BCUT2D eigenvalue weighted by Gasteiger charge is -2.29. The third kappa shape index (κ3) is 38.8. The summed E-state index contributed by atoms with van der Waals surface area (Å²) in [6.45, 7) is 4.60. The highest BCUT2D eigenvalue weighted by molar-refractivity contribution is 7.45. The predicted octanol–water partition coefficient (Wildman–Crippen LogP) is 11.3. The Morgan fingerprint density at radius 3 is 1.53 bits per heavy atom. The van der Waals surface area contributed by atoms with Gasteiger partial charge >= 0.3 is 0 Å². The summed E-state index contributed by atoms with van der Waals surface area (Å²) in [5, 5.41) is 13.7. The number of amides is 1. The van der Waals surface area contributed by atoms with Crippen molar-refractivity contribution in [2.24, 2.45) is 0 Å². The van der Waals surface area contributed by atoms with Gasteiger partial charge in [0.2, 0.25) is 5.91 Å². The molecule has 0 saturated carbocycles. The Bertz CT molecular complexity index is 964. The average Bonchev–Trinajstić information content (AvgIpc) is 3.10. The van der Waals surface area contributed by atoms with Gasteiger partial charge in [-0.25, -0.2) is 0 Å². The number of nitrogens with one attached hydrogen (secondary N) is 1. The quantitative estimate of drug-likeness (QED) is 0.0279. The molecule has 8 nitrogen and oxygen atoms in total. The van der Waals surface area contributed by atoms with Crippen LogP contribution in [0.25, 0.3) is 0 Å². The maximum atomic E-state index is 12.8. The van der Waals surface area contributed by atoms with Crippen LogP contribution in [0.5, 0.6) is 0 Å². The molecular weight excluding hydrogens is 683 g/mol. The Hall–Kier alpha value is -1.28. The number of phosphoric ester groups is 1. The molecule has 0 aliphatic carbocycles. The maximum Gasteiger partial charge on any atom is 0.268 e. The van der Waals surface area contributed by atoms with Crippen LogP contribution in [0.1, 0.15) is 187 Å². The molecule has 0 radical (unpaired) electrons. The normalized spacial score (nSPS) is 14.8. The van der Waals surface area contributed by atoms with Crippen molar-refractivity contribution in [1.29, 1.82) is 0 Å². The molecule has 0 rings (SSSR count). The lowest BCUT2D eigenvalue weighted by Crippen LogP contribution is -2.45. The van der Waals surface area contributed by atoms with Crippen molar-refractivity contribution in [2.75, 3.05) is 40.9 Å². The smallest absolute Gasteiger partial charge is 0.268 e. The van der Waals surface area contributed by atoms with Crippen LogP contribution in [-0.2, 0) is 18.4 Å². The summed E-state index contributed by atoms with van der Waals surface area (Å²) in [5.41, 5.74) is 0. The standard InChI is InChI=1S/C44H85N2O6P/c1-6-8-10-12-14-16-18-20-22-24-26-28-30-32-34-36-38-44(48)45-42(41-52-53(49,50)51-40-39-46(3,4)5)43(47)37-35-33-31-29-27-25-23-21-19-17-15-13-11-9-7-2/h22,24,27,29,35,37,42-43,47H,6-21,23,25-26,28,30-34,36,38-41H2,1-5H3,(H-,45,48,49,50)/b24-22-,29-27+,37-35+. The van der Waals surface area contributed by atoms with Gasteiger partial charge in [0, 0.05) is 6.42 Å². The van der Waals surface area contributed by atoms with E-state index in [4.69, 9.17) is 9.05 Å². The Kier molecular flexibility index (Phi) is 35.5. The molecule has 0 aromatic rings. The number of hydrogen-bond donors (Lipinski definition) is 2. The number of carbonyl (C=O) groups is 1. The number of unbranched alkanes of at least 4 members (excludes halogenated alkanes) is 22. The number of aliphatic hydroxyl groups is 1. The van der Waals surface area contributed by atoms with Crippen molar-refractivity contribution in [3.8, 4) is 0 Å². The van der Waals surface area contributed by atoms with Gasteiger partial charge in [0.1, 0.15) is 13.2 Å². The molecule has 0 aliphatic heterocycles. The predicted molar refractivity (Wildman–Crippen MR) is 224 cm³/mol. The second-order valence-corrected chi connectivity index (χ2v) is 17.4. The molecule has 0 aromatic heterocycles. The van der Waals surface area contributed by atoms with Crippen LogP contribution in [0.4, 0.5) is 0 Å². The van der Waals surface area contributed by atoms with Crippen molar-refractivity contribution in [1.82, 2.24) is 5.32 Å². The molecule has 53 heavy (non-hydrogen) atoms. The maximum absolute atomic E-state index is 12.8. The van der Waals surface area contributed by atoms with Gasteiger partial charge in [-0.2, -0.15) is 0 Å². The lowest BCUT2D eigenvalue weighted by molar-refractivity contribution is -0.870. The zero-order valence-electron chi connectivity index (χ0n) is 35.2. The van der Waals surface area contributed by atoms with Gasteiger partial charge < -0.3 is 28.8 Å². The second-order valence-electron chi connectivity index (χ2n) is 16.0. The third-order valence-electron chi connectivity index (χ3n) is 9.57. The van der Waals surface area contributed by atoms with E-state index in [-0.39, 0.29) is 12.5 Å². The fourth-order valence-electron chi connectivity index (χ4n) is 6.04. The first-order valence-electron chi connectivity index (χ1n) is 21.9. The van der Waals surface area contributed by atoms with E-state index in [2.05, 4.69) is 43.5 Å². The summed E-state index contributed by atoms with van der Waals surface area (Å²) in [7, 11) is 1.24. The number of allylic oxidation sites excluding steroid dienone is 5. The zero-order valence-corrected chi connectivity index (χ0v) is 36.1. The van der Waals surface area contributed by atoms with Crippen LogP contribution >= 0.6 is 7.82 Å². The Balaban J connectivity index is 4.51. The molecule has 0 aliphatic rings. The summed E-state index contributed by atoms with van der Waals surface area (Å²) < 4.78 is 23.1. The fraction of sp³-hybridized carbons (Fsp3) is 0.841. The number of likely N-dealkylation sites (N-methyl/N-ethyl adjacent to an activating group) is 1. The number of carbonyl (C=O) groups excluding carboxylic acids is 1. The molecule has 3 atom stereocenters. The van der Waals surface area contributed by atoms with Crippen molar-refractivity contribution >= 4 is 13.7 Å². The van der Waals surface area contributed by atoms with Crippen molar-refractivity contribution < 1.29 is 32.9 Å². The molecule has 0 spiro atoms. The van der Waals surface area contributed by atoms with Gasteiger partial charge in [0.25, 0.3) is 7.82 Å². The van der Waals surface area contributed by atoms with E-state index < -0.39 is 26.6 Å². The number of rotatable bonds is 39. The monoisotopic (exact) mass is 769 g/mol. The van der Waals surface area contributed by atoms with E-state index >= 15 is 0 Å². The highest BCUT2D eigenvalue weighted by Crippen LogP contribution is 2.38. The Morgan fingerprint density at radius 2 is 1.06 bits per heavy atom. The number of aliphatic hydroxyl groups excluding tert-OH is 1. The largest absolute Gasteiger partial charge is 0.756 e. The van der Waals surface area contributed by atoms with Gasteiger partial charge in [0.15, 0.2) is 0 Å². The van der Waals surface area contributed by atoms with E-state index in [0.29, 0.717) is 17.4 Å². The van der Waals surface area contributed by atoms with Crippen LogP contribution < -0.4 is 10.2 Å². The zero-order chi connectivity index (χ0) is 39.3. The second kappa shape index (κ2) is 36.4. The van der Waals surface area contributed by atoms with Crippen LogP contribution in [0.3, 0.4) is 0 Å². The molecule has 2 N–H and O–H groups in total. The molecule has 1 amide bonds. The SMILES string of the molecule is CCCCCCCCC/C=C\CCCCCCCC(=O)NC(COP(=O)([O-])OCC[N+](C)(C)C)C(O)/C=C/CC/C=C/CCCCCCCCCCC. The number of nitrogens with zero attached hydrogens (tertiary/aromatic N) is 1. The molecule has 3 unspecified atom stereocenters. The summed E-state index contributed by atoms with van der Waals surface area (Å²) in [4.78, 5) is 25.3. The molecule has 0 bridgehead atoms. The van der Waals surface area contributed by atoms with Crippen LogP contribution in [-0.4, -0.2) is 68.5 Å². The van der Waals surface area contributed by atoms with Crippen LogP contribution in [0.15, 0.2) is 36.5 Å². The Morgan fingerprint density at radius 1 is 0.642 bits per heavy atom. The van der Waals surface area contributed by atoms with E-state index in [1.165, 1.54) is 116 Å². The summed E-state index contributed by atoms with van der Waals surface area (Å²) in [5.74, 6) is -0.217. The first kappa shape index (κ1) is 51.7. The third-order valence-corrected chi connectivity index (χ3v) is 10.5. The highest BCUT2D eigenvalue weighted by Gasteiger charge is 2.23. The minimum Gasteiger partial charge on any atom is -0.756 e. The van der Waals surface area contributed by atoms with Gasteiger partial charge in [-0.15, -0.1) is 0 Å². The summed E-state index contributed by atoms with van der Waals surface area (Å²) in [6, 6.07) is -0.905. The van der Waals surface area contributed by atoms with Gasteiger partial charge in [-0.1, -0.05) is 159 Å². The lowest BCUT2D eigenvalue weighted by atomic mass is 10.1. The number of hydrogen-bond acceptors (Lipinski definition) is 6. The van der Waals surface area contributed by atoms with E-state index in [1.54, 1.807) is 6.08 Å². The first-order chi connectivity index (χ1) is 25.5. The minimum absolute atomic E-state index is 0.00799. The molecule has 0 saturated heterocycles. The minimum atomic E-state index is -4.59. The molecule has 0 heterocycles. The first-order valence-corrected chi connectivity index (χ1v) is 23.3. The van der Waals surface area contributed by atoms with Gasteiger partial charge in [0.05, 0.1) is 39.9 Å². The number of phosphoric acid groups is 1. The fourth-order valence-corrected chi connectivity index (χ4v) is 6.77. The summed E-state index contributed by atoms with van der Waals surface area (Å²) >= 11 is 0. The van der Waals surface area contributed by atoms with Crippen LogP contribution in [0, 0.1) is 0 Å². The molecular formula is C44H85N2O6P. The van der Waals surface area contributed by atoms with E-state index in [9.17, 15) is 19.4 Å². The number of quaternary nitrogens is 1. The van der Waals surface area contributed by atoms with Crippen molar-refractivity contribution in [3.05, 3.63) is 36.5 Å². The van der Waals surface area contributed by atoms with Gasteiger partial charge in [-0.05, 0) is 57.8 Å². The molecule has 312 valence electrons.